The fraction of sp³-hybridized carbons (Fsp3) is 0.533. The van der Waals surface area contributed by atoms with Crippen molar-refractivity contribution in [2.24, 2.45) is 5.41 Å². The van der Waals surface area contributed by atoms with Gasteiger partial charge in [0.1, 0.15) is 5.75 Å². The number of aryl methyl sites for hydroxylation is 3. The number of hydrogen-bond acceptors (Lipinski definition) is 2. The van der Waals surface area contributed by atoms with Crippen molar-refractivity contribution in [2.45, 2.75) is 41.0 Å². The minimum absolute atomic E-state index is 0.421. The predicted molar refractivity (Wildman–Crippen MR) is 72.2 cm³/mol. The van der Waals surface area contributed by atoms with E-state index in [0.29, 0.717) is 13.0 Å². The Morgan fingerprint density at radius 3 is 2.17 bits per heavy atom. The van der Waals surface area contributed by atoms with Crippen LogP contribution in [0.5, 0.6) is 5.75 Å². The van der Waals surface area contributed by atoms with Crippen LogP contribution < -0.4 is 4.74 Å². The summed E-state index contributed by atoms with van der Waals surface area (Å²) in [7, 11) is 0. The van der Waals surface area contributed by atoms with Crippen molar-refractivity contribution < 1.29 is 14.6 Å². The Morgan fingerprint density at radius 1 is 1.22 bits per heavy atom. The van der Waals surface area contributed by atoms with Crippen LogP contribution in [-0.4, -0.2) is 17.7 Å². The maximum absolute atomic E-state index is 11.0. The first kappa shape index (κ1) is 14.6. The zero-order chi connectivity index (χ0) is 13.9. The average molecular weight is 250 g/mol. The Morgan fingerprint density at radius 2 is 1.72 bits per heavy atom. The third-order valence-electron chi connectivity index (χ3n) is 3.16. The molecule has 0 heterocycles. The first-order valence-corrected chi connectivity index (χ1v) is 6.18. The number of carbonyl (C=O) groups is 1. The zero-order valence-corrected chi connectivity index (χ0v) is 11.8. The SMILES string of the molecule is Cc1cc(C)c(OCCC(C)(C)C(=O)O)c(C)c1. The van der Waals surface area contributed by atoms with Gasteiger partial charge in [-0.15, -0.1) is 0 Å². The van der Waals surface area contributed by atoms with Crippen molar-refractivity contribution in [3.8, 4) is 5.75 Å². The lowest BCUT2D eigenvalue weighted by molar-refractivity contribution is -0.147. The van der Waals surface area contributed by atoms with Crippen molar-refractivity contribution in [1.29, 1.82) is 0 Å². The van der Waals surface area contributed by atoms with Gasteiger partial charge in [-0.1, -0.05) is 17.7 Å². The smallest absolute Gasteiger partial charge is 0.309 e. The summed E-state index contributed by atoms with van der Waals surface area (Å²) in [6.07, 6.45) is 0.495. The highest BCUT2D eigenvalue weighted by atomic mass is 16.5. The lowest BCUT2D eigenvalue weighted by atomic mass is 9.90. The van der Waals surface area contributed by atoms with Crippen molar-refractivity contribution in [3.05, 3.63) is 28.8 Å². The van der Waals surface area contributed by atoms with E-state index < -0.39 is 11.4 Å². The minimum Gasteiger partial charge on any atom is -0.493 e. The van der Waals surface area contributed by atoms with E-state index in [1.165, 1.54) is 5.56 Å². The normalized spacial score (nSPS) is 11.4. The summed E-state index contributed by atoms with van der Waals surface area (Å²) in [6, 6.07) is 4.15. The molecule has 0 aliphatic heterocycles. The van der Waals surface area contributed by atoms with E-state index in [1.54, 1.807) is 13.8 Å². The lowest BCUT2D eigenvalue weighted by Crippen LogP contribution is -2.26. The topological polar surface area (TPSA) is 46.5 Å². The molecule has 0 unspecified atom stereocenters. The average Bonchev–Trinajstić information content (AvgIpc) is 2.21. The van der Waals surface area contributed by atoms with Gasteiger partial charge in [-0.25, -0.2) is 0 Å². The number of benzene rings is 1. The van der Waals surface area contributed by atoms with Crippen LogP contribution in [-0.2, 0) is 4.79 Å². The summed E-state index contributed by atoms with van der Waals surface area (Å²) < 4.78 is 5.75. The molecule has 0 fully saturated rings. The van der Waals surface area contributed by atoms with E-state index in [9.17, 15) is 4.79 Å². The van der Waals surface area contributed by atoms with Crippen molar-refractivity contribution in [1.82, 2.24) is 0 Å². The number of carboxylic acids is 1. The second kappa shape index (κ2) is 5.42. The molecule has 0 spiro atoms. The van der Waals surface area contributed by atoms with Gasteiger partial charge in [0, 0.05) is 0 Å². The van der Waals surface area contributed by atoms with Crippen LogP contribution in [0, 0.1) is 26.2 Å². The lowest BCUT2D eigenvalue weighted by Gasteiger charge is -2.20. The molecule has 1 rings (SSSR count). The van der Waals surface area contributed by atoms with E-state index in [0.717, 1.165) is 16.9 Å². The number of hydrogen-bond donors (Lipinski definition) is 1. The van der Waals surface area contributed by atoms with Gasteiger partial charge < -0.3 is 9.84 Å². The Balaban J connectivity index is 2.68. The van der Waals surface area contributed by atoms with E-state index in [-0.39, 0.29) is 0 Å². The molecule has 0 saturated carbocycles. The maximum Gasteiger partial charge on any atom is 0.309 e. The summed E-state index contributed by atoms with van der Waals surface area (Å²) in [6.45, 7) is 9.93. The van der Waals surface area contributed by atoms with Gasteiger partial charge in [-0.05, 0) is 52.2 Å². The number of rotatable bonds is 5. The quantitative estimate of drug-likeness (QED) is 0.870. The van der Waals surface area contributed by atoms with Crippen LogP contribution in [0.15, 0.2) is 12.1 Å². The molecule has 0 saturated heterocycles. The molecule has 0 aliphatic carbocycles. The van der Waals surface area contributed by atoms with E-state index >= 15 is 0 Å². The van der Waals surface area contributed by atoms with Gasteiger partial charge in [0.2, 0.25) is 0 Å². The molecule has 0 radical (unpaired) electrons. The third-order valence-corrected chi connectivity index (χ3v) is 3.16. The Kier molecular flexibility index (Phi) is 4.38. The number of ether oxygens (including phenoxy) is 1. The van der Waals surface area contributed by atoms with Crippen LogP contribution in [0.4, 0.5) is 0 Å². The Hall–Kier alpha value is -1.51. The van der Waals surface area contributed by atoms with Gasteiger partial charge >= 0.3 is 5.97 Å². The van der Waals surface area contributed by atoms with Crippen molar-refractivity contribution >= 4 is 5.97 Å². The van der Waals surface area contributed by atoms with E-state index in [1.807, 2.05) is 13.8 Å². The van der Waals surface area contributed by atoms with Crippen LogP contribution in [0.2, 0.25) is 0 Å². The minimum atomic E-state index is -0.788. The molecule has 3 heteroatoms. The number of aliphatic carboxylic acids is 1. The monoisotopic (exact) mass is 250 g/mol. The first-order valence-electron chi connectivity index (χ1n) is 6.18. The molecule has 18 heavy (non-hydrogen) atoms. The van der Waals surface area contributed by atoms with Gasteiger partial charge in [0.15, 0.2) is 0 Å². The predicted octanol–water partition coefficient (Wildman–Crippen LogP) is 3.49. The van der Waals surface area contributed by atoms with Crippen LogP contribution >= 0.6 is 0 Å². The fourth-order valence-electron chi connectivity index (χ4n) is 1.91. The van der Waals surface area contributed by atoms with E-state index in [4.69, 9.17) is 9.84 Å². The summed E-state index contributed by atoms with van der Waals surface area (Å²) in [5.41, 5.74) is 2.66. The second-order valence-corrected chi connectivity index (χ2v) is 5.52. The fourth-order valence-corrected chi connectivity index (χ4v) is 1.91. The van der Waals surface area contributed by atoms with Gasteiger partial charge in [-0.2, -0.15) is 0 Å². The molecular formula is C15H22O3. The third kappa shape index (κ3) is 3.49. The molecule has 1 N–H and O–H groups in total. The maximum atomic E-state index is 11.0. The van der Waals surface area contributed by atoms with Gasteiger partial charge in [0.25, 0.3) is 0 Å². The first-order chi connectivity index (χ1) is 8.24. The largest absolute Gasteiger partial charge is 0.493 e. The molecule has 0 bridgehead atoms. The highest BCUT2D eigenvalue weighted by molar-refractivity contribution is 5.73. The highest BCUT2D eigenvalue weighted by Gasteiger charge is 2.26. The Bertz CT molecular complexity index is 424. The molecule has 0 amide bonds. The van der Waals surface area contributed by atoms with Crippen LogP contribution in [0.25, 0.3) is 0 Å². The standard InChI is InChI=1S/C15H22O3/c1-10-8-11(2)13(12(3)9-10)18-7-6-15(4,5)14(16)17/h8-9H,6-7H2,1-5H3,(H,16,17). The zero-order valence-electron chi connectivity index (χ0n) is 11.8. The van der Waals surface area contributed by atoms with Gasteiger partial charge in [-0.3, -0.25) is 4.79 Å². The van der Waals surface area contributed by atoms with Gasteiger partial charge in [0.05, 0.1) is 12.0 Å². The second-order valence-electron chi connectivity index (χ2n) is 5.52. The summed E-state index contributed by atoms with van der Waals surface area (Å²) >= 11 is 0. The summed E-state index contributed by atoms with van der Waals surface area (Å²) in [5.74, 6) is 0.0882. The molecule has 100 valence electrons. The van der Waals surface area contributed by atoms with Crippen LogP contribution in [0.3, 0.4) is 0 Å². The molecule has 1 aromatic rings. The summed E-state index contributed by atoms with van der Waals surface area (Å²) in [4.78, 5) is 11.0. The molecular weight excluding hydrogens is 228 g/mol. The Labute approximate surface area is 109 Å². The highest BCUT2D eigenvalue weighted by Crippen LogP contribution is 2.26. The van der Waals surface area contributed by atoms with E-state index in [2.05, 4.69) is 19.1 Å². The molecule has 0 aliphatic rings. The molecule has 3 nitrogen and oxygen atoms in total. The van der Waals surface area contributed by atoms with Crippen molar-refractivity contribution in [3.63, 3.8) is 0 Å². The summed E-state index contributed by atoms with van der Waals surface area (Å²) in [5, 5.41) is 9.03. The molecule has 1 aromatic carbocycles. The molecule has 0 aromatic heterocycles. The van der Waals surface area contributed by atoms with Crippen LogP contribution in [0.1, 0.15) is 37.0 Å². The number of carboxylic acid groups (broad SMARTS) is 1. The van der Waals surface area contributed by atoms with Crippen molar-refractivity contribution in [2.75, 3.05) is 6.61 Å². The molecule has 0 atom stereocenters.